The molecule has 0 aromatic heterocycles. The van der Waals surface area contributed by atoms with E-state index >= 15 is 0 Å². The molecule has 0 radical (unpaired) electrons. The number of carbonyl (C=O) groups excluding carboxylic acids is 2. The molecule has 0 spiro atoms. The van der Waals surface area contributed by atoms with Crippen molar-refractivity contribution in [2.45, 2.75) is 19.9 Å². The van der Waals surface area contributed by atoms with Crippen LogP contribution < -0.4 is 10.1 Å². The summed E-state index contributed by atoms with van der Waals surface area (Å²) in [4.78, 5) is 23.1. The van der Waals surface area contributed by atoms with E-state index in [0.717, 1.165) is 17.7 Å². The van der Waals surface area contributed by atoms with Crippen LogP contribution in [-0.4, -0.2) is 18.3 Å². The van der Waals surface area contributed by atoms with E-state index in [-0.39, 0.29) is 30.1 Å². The Hall–Kier alpha value is -2.76. The lowest BCUT2D eigenvalue weighted by atomic mass is 10.0. The maximum Gasteiger partial charge on any atom is 0.217 e. The van der Waals surface area contributed by atoms with Gasteiger partial charge in [0.15, 0.2) is 24.0 Å². The molecule has 0 heterocycles. The first kappa shape index (κ1) is 17.6. The van der Waals surface area contributed by atoms with Crippen molar-refractivity contribution < 1.29 is 23.1 Å². The fourth-order valence-corrected chi connectivity index (χ4v) is 2.16. The van der Waals surface area contributed by atoms with E-state index in [1.54, 1.807) is 24.3 Å². The Bertz CT molecular complexity index is 744. The molecule has 24 heavy (non-hydrogen) atoms. The van der Waals surface area contributed by atoms with Crippen molar-refractivity contribution in [3.8, 4) is 5.75 Å². The molecule has 2 aromatic carbocycles. The number of ether oxygens (including phenoxy) is 1. The largest absolute Gasteiger partial charge is 0.482 e. The molecule has 0 bridgehead atoms. The zero-order valence-corrected chi connectivity index (χ0v) is 13.3. The number of halogens is 2. The summed E-state index contributed by atoms with van der Waals surface area (Å²) in [5, 5.41) is 2.74. The Kier molecular flexibility index (Phi) is 5.63. The molecule has 1 amide bonds. The highest BCUT2D eigenvalue weighted by Crippen LogP contribution is 2.18. The minimum atomic E-state index is -0.859. The molecule has 126 valence electrons. The number of rotatable bonds is 6. The second-order valence-electron chi connectivity index (χ2n) is 5.33. The van der Waals surface area contributed by atoms with E-state index < -0.39 is 11.6 Å². The van der Waals surface area contributed by atoms with Crippen LogP contribution in [0.15, 0.2) is 42.5 Å². The fraction of sp³-hybridized carbons (Fsp3) is 0.222. The van der Waals surface area contributed by atoms with Gasteiger partial charge in [-0.2, -0.15) is 0 Å². The zero-order chi connectivity index (χ0) is 17.7. The van der Waals surface area contributed by atoms with Gasteiger partial charge in [0.1, 0.15) is 5.82 Å². The molecule has 0 aliphatic heterocycles. The molecule has 1 N–H and O–H groups in total. The van der Waals surface area contributed by atoms with Crippen LogP contribution in [0, 0.1) is 11.6 Å². The molecule has 1 unspecified atom stereocenters. The van der Waals surface area contributed by atoms with Crippen molar-refractivity contribution >= 4 is 11.7 Å². The van der Waals surface area contributed by atoms with Crippen LogP contribution in [0.4, 0.5) is 8.78 Å². The second-order valence-corrected chi connectivity index (χ2v) is 5.33. The van der Waals surface area contributed by atoms with Crippen molar-refractivity contribution in [3.05, 3.63) is 65.2 Å². The molecule has 0 aliphatic carbocycles. The molecule has 0 fully saturated rings. The summed E-state index contributed by atoms with van der Waals surface area (Å²) in [5.74, 6) is -2.23. The molecule has 1 atom stereocenters. The van der Waals surface area contributed by atoms with Crippen molar-refractivity contribution in [3.63, 3.8) is 0 Å². The third kappa shape index (κ3) is 4.62. The summed E-state index contributed by atoms with van der Waals surface area (Å²) in [6.07, 6.45) is 0. The predicted molar refractivity (Wildman–Crippen MR) is 84.9 cm³/mol. The molecule has 0 aliphatic rings. The maximum absolute atomic E-state index is 13.4. The number of nitrogens with one attached hydrogen (secondary N) is 1. The summed E-state index contributed by atoms with van der Waals surface area (Å²) < 4.78 is 31.3. The van der Waals surface area contributed by atoms with Crippen LogP contribution in [0.3, 0.4) is 0 Å². The van der Waals surface area contributed by atoms with E-state index in [0.29, 0.717) is 11.6 Å². The van der Waals surface area contributed by atoms with Gasteiger partial charge in [0.2, 0.25) is 5.91 Å². The molecule has 2 rings (SSSR count). The standard InChI is InChI=1S/C18H17F2NO3/c1-11(21-12(2)22)13-3-5-14(6-4-13)17(23)10-24-18-8-7-15(19)9-16(18)20/h3-9,11H,10H2,1-2H3,(H,21,22). The normalized spacial score (nSPS) is 11.7. The maximum atomic E-state index is 13.4. The van der Waals surface area contributed by atoms with Gasteiger partial charge in [-0.25, -0.2) is 8.78 Å². The number of hydrogen-bond acceptors (Lipinski definition) is 3. The van der Waals surface area contributed by atoms with Gasteiger partial charge in [-0.05, 0) is 24.6 Å². The first-order chi connectivity index (χ1) is 11.4. The second kappa shape index (κ2) is 7.68. The molecule has 0 saturated carbocycles. The summed E-state index contributed by atoms with van der Waals surface area (Å²) >= 11 is 0. The van der Waals surface area contributed by atoms with E-state index in [1.807, 2.05) is 6.92 Å². The van der Waals surface area contributed by atoms with Gasteiger partial charge in [-0.3, -0.25) is 9.59 Å². The topological polar surface area (TPSA) is 55.4 Å². The lowest BCUT2D eigenvalue weighted by molar-refractivity contribution is -0.119. The van der Waals surface area contributed by atoms with E-state index in [2.05, 4.69) is 5.32 Å². The van der Waals surface area contributed by atoms with Crippen LogP contribution in [0.2, 0.25) is 0 Å². The summed E-state index contributed by atoms with van der Waals surface area (Å²) in [7, 11) is 0. The third-order valence-corrected chi connectivity index (χ3v) is 3.41. The molecule has 0 saturated heterocycles. The van der Waals surface area contributed by atoms with Gasteiger partial charge in [-0.15, -0.1) is 0 Å². The van der Waals surface area contributed by atoms with Crippen LogP contribution in [0.25, 0.3) is 0 Å². The van der Waals surface area contributed by atoms with Gasteiger partial charge < -0.3 is 10.1 Å². The summed E-state index contributed by atoms with van der Waals surface area (Å²) in [5.41, 5.74) is 1.25. The average molecular weight is 333 g/mol. The Balaban J connectivity index is 1.98. The fourth-order valence-electron chi connectivity index (χ4n) is 2.16. The zero-order valence-electron chi connectivity index (χ0n) is 13.3. The average Bonchev–Trinajstić information content (AvgIpc) is 2.53. The van der Waals surface area contributed by atoms with Crippen LogP contribution in [-0.2, 0) is 4.79 Å². The summed E-state index contributed by atoms with van der Waals surface area (Å²) in [6, 6.07) is 9.39. The van der Waals surface area contributed by atoms with Crippen molar-refractivity contribution in [1.82, 2.24) is 5.32 Å². The summed E-state index contributed by atoms with van der Waals surface area (Å²) in [6.45, 7) is 2.90. The van der Waals surface area contributed by atoms with Crippen LogP contribution in [0.1, 0.15) is 35.8 Å². The van der Waals surface area contributed by atoms with E-state index in [1.165, 1.54) is 6.92 Å². The molecule has 4 nitrogen and oxygen atoms in total. The van der Waals surface area contributed by atoms with Gasteiger partial charge in [-0.1, -0.05) is 24.3 Å². The van der Waals surface area contributed by atoms with Crippen molar-refractivity contribution in [1.29, 1.82) is 0 Å². The SMILES string of the molecule is CC(=O)NC(C)c1ccc(C(=O)COc2ccc(F)cc2F)cc1. The first-order valence-corrected chi connectivity index (χ1v) is 7.35. The van der Waals surface area contributed by atoms with Crippen LogP contribution in [0.5, 0.6) is 5.75 Å². The molecular formula is C18H17F2NO3. The minimum absolute atomic E-state index is 0.141. The number of ketones is 1. The highest BCUT2D eigenvalue weighted by molar-refractivity contribution is 5.97. The molecule has 6 heteroatoms. The Labute approximate surface area is 138 Å². The highest BCUT2D eigenvalue weighted by atomic mass is 19.1. The first-order valence-electron chi connectivity index (χ1n) is 7.35. The van der Waals surface area contributed by atoms with Gasteiger partial charge in [0.25, 0.3) is 0 Å². The number of hydrogen-bond donors (Lipinski definition) is 1. The Morgan fingerprint density at radius 1 is 1.12 bits per heavy atom. The van der Waals surface area contributed by atoms with Crippen molar-refractivity contribution in [2.24, 2.45) is 0 Å². The predicted octanol–water partition coefficient (Wildman–Crippen LogP) is 3.42. The van der Waals surface area contributed by atoms with Gasteiger partial charge >= 0.3 is 0 Å². The Morgan fingerprint density at radius 3 is 2.38 bits per heavy atom. The number of benzene rings is 2. The smallest absolute Gasteiger partial charge is 0.217 e. The van der Waals surface area contributed by atoms with E-state index in [4.69, 9.17) is 4.74 Å². The number of Topliss-reactive ketones (excluding diaryl/α,β-unsaturated/α-hetero) is 1. The third-order valence-electron chi connectivity index (χ3n) is 3.41. The lowest BCUT2D eigenvalue weighted by Crippen LogP contribution is -2.23. The van der Waals surface area contributed by atoms with Crippen LogP contribution >= 0.6 is 0 Å². The molecule has 2 aromatic rings. The monoisotopic (exact) mass is 333 g/mol. The highest BCUT2D eigenvalue weighted by Gasteiger charge is 2.12. The minimum Gasteiger partial charge on any atom is -0.482 e. The number of amides is 1. The molecular weight excluding hydrogens is 316 g/mol. The van der Waals surface area contributed by atoms with Gasteiger partial charge in [0.05, 0.1) is 6.04 Å². The van der Waals surface area contributed by atoms with Crippen molar-refractivity contribution in [2.75, 3.05) is 6.61 Å². The van der Waals surface area contributed by atoms with E-state index in [9.17, 15) is 18.4 Å². The Morgan fingerprint density at radius 2 is 1.79 bits per heavy atom. The van der Waals surface area contributed by atoms with Gasteiger partial charge in [0, 0.05) is 18.6 Å². The lowest BCUT2D eigenvalue weighted by Gasteiger charge is -2.13. The quantitative estimate of drug-likeness (QED) is 0.824. The number of carbonyl (C=O) groups is 2.